The van der Waals surface area contributed by atoms with Gasteiger partial charge in [0.2, 0.25) is 0 Å². The fourth-order valence-electron chi connectivity index (χ4n) is 2.96. The second-order valence-corrected chi connectivity index (χ2v) is 7.78. The first kappa shape index (κ1) is 17.8. The van der Waals surface area contributed by atoms with E-state index in [9.17, 15) is 4.79 Å². The first-order valence-electron chi connectivity index (χ1n) is 8.46. The van der Waals surface area contributed by atoms with Crippen LogP contribution in [0.5, 0.6) is 5.75 Å². The predicted molar refractivity (Wildman–Crippen MR) is 107 cm³/mol. The van der Waals surface area contributed by atoms with Gasteiger partial charge in [0, 0.05) is 25.7 Å². The summed E-state index contributed by atoms with van der Waals surface area (Å²) in [7, 11) is 1.99. The lowest BCUT2D eigenvalue weighted by Gasteiger charge is -2.09. The van der Waals surface area contributed by atoms with Crippen molar-refractivity contribution in [1.29, 1.82) is 0 Å². The molecule has 0 amide bonds. The molecule has 0 fully saturated rings. The third-order valence-electron chi connectivity index (χ3n) is 4.33. The van der Waals surface area contributed by atoms with E-state index < -0.39 is 0 Å². The van der Waals surface area contributed by atoms with Crippen LogP contribution in [0.1, 0.15) is 17.8 Å². The lowest BCUT2D eigenvalue weighted by molar-refractivity contribution is 0.304. The molecule has 138 valence electrons. The number of aromatic nitrogens is 4. The molecular formula is C19H17ClN4O2S. The van der Waals surface area contributed by atoms with E-state index in [0.717, 1.165) is 34.0 Å². The third-order valence-corrected chi connectivity index (χ3v) is 5.42. The van der Waals surface area contributed by atoms with Crippen LogP contribution < -0.4 is 10.3 Å². The van der Waals surface area contributed by atoms with E-state index in [2.05, 4.69) is 21.5 Å². The number of halogens is 1. The number of rotatable bonds is 5. The van der Waals surface area contributed by atoms with Crippen LogP contribution >= 0.6 is 22.9 Å². The van der Waals surface area contributed by atoms with Gasteiger partial charge in [-0.25, -0.2) is 9.97 Å². The zero-order valence-electron chi connectivity index (χ0n) is 14.8. The molecule has 3 aromatic heterocycles. The maximum Gasteiger partial charge on any atom is 0.258 e. The van der Waals surface area contributed by atoms with Crippen LogP contribution in [-0.2, 0) is 20.1 Å². The summed E-state index contributed by atoms with van der Waals surface area (Å²) in [6, 6.07) is 9.05. The summed E-state index contributed by atoms with van der Waals surface area (Å²) in [5, 5.41) is 0.762. The first-order valence-corrected chi connectivity index (χ1v) is 9.66. The van der Waals surface area contributed by atoms with Crippen LogP contribution in [0.4, 0.5) is 0 Å². The zero-order valence-corrected chi connectivity index (χ0v) is 16.4. The molecule has 0 aliphatic carbocycles. The largest absolute Gasteiger partial charge is 0.486 e. The van der Waals surface area contributed by atoms with Crippen molar-refractivity contribution in [2.75, 3.05) is 0 Å². The number of fused-ring (bicyclic) bond motifs is 1. The van der Waals surface area contributed by atoms with E-state index in [0.29, 0.717) is 10.1 Å². The van der Waals surface area contributed by atoms with E-state index in [1.807, 2.05) is 25.2 Å². The van der Waals surface area contributed by atoms with Crippen LogP contribution in [0.15, 0.2) is 47.5 Å². The van der Waals surface area contributed by atoms with Gasteiger partial charge >= 0.3 is 0 Å². The van der Waals surface area contributed by atoms with Gasteiger partial charge in [-0.2, -0.15) is 0 Å². The predicted octanol–water partition coefficient (Wildman–Crippen LogP) is 3.98. The second kappa shape index (κ2) is 7.17. The van der Waals surface area contributed by atoms with Crippen molar-refractivity contribution < 1.29 is 4.74 Å². The lowest BCUT2D eigenvalue weighted by atomic mass is 10.2. The minimum absolute atomic E-state index is 0.165. The molecule has 3 heterocycles. The molecule has 1 aromatic carbocycles. The van der Waals surface area contributed by atoms with Crippen molar-refractivity contribution in [3.05, 3.63) is 68.2 Å². The molecule has 6 nitrogen and oxygen atoms in total. The van der Waals surface area contributed by atoms with Gasteiger partial charge in [-0.15, -0.1) is 11.3 Å². The number of hydrogen-bond donors (Lipinski definition) is 0. The average Bonchev–Trinajstić information content (AvgIpc) is 3.23. The fourth-order valence-corrected chi connectivity index (χ4v) is 3.83. The second-order valence-electron chi connectivity index (χ2n) is 6.03. The lowest BCUT2D eigenvalue weighted by Crippen LogP contribution is -2.16. The molecule has 0 unspecified atom stereocenters. The molecule has 8 heteroatoms. The smallest absolute Gasteiger partial charge is 0.258 e. The molecule has 4 rings (SSSR count). The normalized spacial score (nSPS) is 11.2. The van der Waals surface area contributed by atoms with Crippen molar-refractivity contribution in [2.24, 2.45) is 7.05 Å². The highest BCUT2D eigenvalue weighted by Gasteiger charge is 2.09. The monoisotopic (exact) mass is 400 g/mol. The SMILES string of the molecule is CCc1nc2ccc(-n3ccc(OCc4ncc(Cl)s4)cc3=O)cc2n1C. The van der Waals surface area contributed by atoms with Crippen LogP contribution in [-0.4, -0.2) is 19.1 Å². The van der Waals surface area contributed by atoms with E-state index in [1.165, 1.54) is 17.4 Å². The topological polar surface area (TPSA) is 61.9 Å². The Hall–Kier alpha value is -2.64. The molecule has 4 aromatic rings. The van der Waals surface area contributed by atoms with Crippen LogP contribution in [0, 0.1) is 0 Å². The Morgan fingerprint density at radius 3 is 2.81 bits per heavy atom. The van der Waals surface area contributed by atoms with Crippen LogP contribution in [0.25, 0.3) is 16.7 Å². The average molecular weight is 401 g/mol. The molecule has 0 spiro atoms. The van der Waals surface area contributed by atoms with Gasteiger partial charge in [0.25, 0.3) is 5.56 Å². The zero-order chi connectivity index (χ0) is 19.0. The van der Waals surface area contributed by atoms with Crippen molar-refractivity contribution in [3.8, 4) is 11.4 Å². The Bertz CT molecular complexity index is 1180. The summed E-state index contributed by atoms with van der Waals surface area (Å²) in [6.45, 7) is 2.35. The Balaban J connectivity index is 1.61. The summed E-state index contributed by atoms with van der Waals surface area (Å²) < 4.78 is 9.90. The standard InChI is InChI=1S/C19H17ClN4O2S/c1-3-17-22-14-5-4-12(8-15(14)23(17)2)24-7-6-13(9-19(24)25)26-11-18-21-10-16(20)27-18/h4-10H,3,11H2,1-2H3. The molecule has 27 heavy (non-hydrogen) atoms. The molecule has 0 radical (unpaired) electrons. The highest BCUT2D eigenvalue weighted by atomic mass is 35.5. The Kier molecular flexibility index (Phi) is 4.72. The number of hydrogen-bond acceptors (Lipinski definition) is 5. The van der Waals surface area contributed by atoms with Gasteiger partial charge in [-0.1, -0.05) is 18.5 Å². The quantitative estimate of drug-likeness (QED) is 0.508. The summed E-state index contributed by atoms with van der Waals surface area (Å²) in [6.07, 6.45) is 4.16. The van der Waals surface area contributed by atoms with Crippen molar-refractivity contribution in [3.63, 3.8) is 0 Å². The fraction of sp³-hybridized carbons (Fsp3) is 0.211. The summed E-state index contributed by atoms with van der Waals surface area (Å²) in [4.78, 5) is 21.3. The molecule has 0 N–H and O–H groups in total. The van der Waals surface area contributed by atoms with E-state index >= 15 is 0 Å². The van der Waals surface area contributed by atoms with Crippen LogP contribution in [0.3, 0.4) is 0 Å². The minimum Gasteiger partial charge on any atom is -0.486 e. The van der Waals surface area contributed by atoms with Crippen molar-refractivity contribution >= 4 is 34.0 Å². The molecule has 0 saturated heterocycles. The van der Waals surface area contributed by atoms with Crippen molar-refractivity contribution in [1.82, 2.24) is 19.1 Å². The molecule has 0 aliphatic heterocycles. The van der Waals surface area contributed by atoms with Gasteiger partial charge in [0.15, 0.2) is 0 Å². The number of ether oxygens (including phenoxy) is 1. The number of aryl methyl sites for hydroxylation is 2. The maximum absolute atomic E-state index is 12.6. The summed E-state index contributed by atoms with van der Waals surface area (Å²) >= 11 is 7.22. The number of thiazole rings is 1. The Morgan fingerprint density at radius 2 is 2.11 bits per heavy atom. The van der Waals surface area contributed by atoms with E-state index in [4.69, 9.17) is 16.3 Å². The number of nitrogens with zero attached hydrogens (tertiary/aromatic N) is 4. The van der Waals surface area contributed by atoms with E-state index in [-0.39, 0.29) is 12.2 Å². The minimum atomic E-state index is -0.165. The number of pyridine rings is 1. The summed E-state index contributed by atoms with van der Waals surface area (Å²) in [5.41, 5.74) is 2.55. The number of imidazole rings is 1. The summed E-state index contributed by atoms with van der Waals surface area (Å²) in [5.74, 6) is 1.51. The Morgan fingerprint density at radius 1 is 1.26 bits per heavy atom. The van der Waals surface area contributed by atoms with E-state index in [1.54, 1.807) is 23.0 Å². The van der Waals surface area contributed by atoms with Gasteiger partial charge in [-0.3, -0.25) is 9.36 Å². The third kappa shape index (κ3) is 3.48. The van der Waals surface area contributed by atoms with Gasteiger partial charge in [-0.05, 0) is 24.3 Å². The van der Waals surface area contributed by atoms with Gasteiger partial charge in [0.1, 0.15) is 27.5 Å². The highest BCUT2D eigenvalue weighted by Crippen LogP contribution is 2.21. The molecule has 0 saturated carbocycles. The van der Waals surface area contributed by atoms with Crippen molar-refractivity contribution in [2.45, 2.75) is 20.0 Å². The van der Waals surface area contributed by atoms with Crippen LogP contribution in [0.2, 0.25) is 4.34 Å². The molecular weight excluding hydrogens is 384 g/mol. The first-order chi connectivity index (χ1) is 13.0. The number of benzene rings is 1. The van der Waals surface area contributed by atoms with Gasteiger partial charge < -0.3 is 9.30 Å². The molecule has 0 bridgehead atoms. The van der Waals surface area contributed by atoms with Gasteiger partial charge in [0.05, 0.1) is 22.9 Å². The molecule has 0 aliphatic rings. The maximum atomic E-state index is 12.6. The Labute approximate surface area is 164 Å². The highest BCUT2D eigenvalue weighted by molar-refractivity contribution is 7.15. The molecule has 0 atom stereocenters.